The van der Waals surface area contributed by atoms with Crippen LogP contribution in [0.5, 0.6) is 0 Å². The summed E-state index contributed by atoms with van der Waals surface area (Å²) in [6.07, 6.45) is 1.42. The van der Waals surface area contributed by atoms with E-state index in [4.69, 9.17) is 9.15 Å². The van der Waals surface area contributed by atoms with Crippen LogP contribution < -0.4 is 5.63 Å². The predicted molar refractivity (Wildman–Crippen MR) is 89.2 cm³/mol. The van der Waals surface area contributed by atoms with Crippen LogP contribution in [0.25, 0.3) is 21.7 Å². The molecule has 0 saturated heterocycles. The first-order valence-electron chi connectivity index (χ1n) is 7.31. The summed E-state index contributed by atoms with van der Waals surface area (Å²) in [5.41, 5.74) is 1.53. The van der Waals surface area contributed by atoms with E-state index in [0.29, 0.717) is 11.1 Å². The second-order valence-electron chi connectivity index (χ2n) is 5.58. The van der Waals surface area contributed by atoms with Gasteiger partial charge in [0.25, 0.3) is 0 Å². The lowest BCUT2D eigenvalue weighted by molar-refractivity contribution is -0.139. The number of allylic oxidation sites excluding steroid dienone is 1. The molecule has 0 spiro atoms. The summed E-state index contributed by atoms with van der Waals surface area (Å²) in [6.45, 7) is 3.67. The molecule has 1 aromatic heterocycles. The Balaban J connectivity index is 2.11. The van der Waals surface area contributed by atoms with E-state index < -0.39 is 11.6 Å². The van der Waals surface area contributed by atoms with Crippen LogP contribution >= 0.6 is 0 Å². The number of ether oxygens (including phenoxy) is 1. The molecule has 4 heteroatoms. The van der Waals surface area contributed by atoms with Crippen LogP contribution in [-0.4, -0.2) is 5.97 Å². The molecule has 0 N–H and O–H groups in total. The molecule has 0 aliphatic carbocycles. The summed E-state index contributed by atoms with van der Waals surface area (Å²) in [4.78, 5) is 23.5. The molecule has 0 unspecified atom stereocenters. The first kappa shape index (κ1) is 15.0. The largest absolute Gasteiger partial charge is 0.458 e. The van der Waals surface area contributed by atoms with Gasteiger partial charge in [0.2, 0.25) is 0 Å². The van der Waals surface area contributed by atoms with Gasteiger partial charge in [-0.1, -0.05) is 35.9 Å². The van der Waals surface area contributed by atoms with Gasteiger partial charge < -0.3 is 9.15 Å². The number of rotatable bonds is 3. The van der Waals surface area contributed by atoms with Crippen LogP contribution in [-0.2, 0) is 16.1 Å². The second kappa shape index (κ2) is 6.08. The van der Waals surface area contributed by atoms with E-state index in [1.807, 2.05) is 44.2 Å². The third-order valence-corrected chi connectivity index (χ3v) is 3.49. The molecule has 0 aliphatic heterocycles. The predicted octanol–water partition coefficient (Wildman–Crippen LogP) is 3.96. The van der Waals surface area contributed by atoms with Crippen molar-refractivity contribution in [3.63, 3.8) is 0 Å². The fraction of sp³-hybridized carbons (Fsp3) is 0.158. The van der Waals surface area contributed by atoms with Gasteiger partial charge >= 0.3 is 11.6 Å². The lowest BCUT2D eigenvalue weighted by Crippen LogP contribution is -2.06. The SMILES string of the molecule is CC(C)=CC(=O)OCc1cc(=O)oc2ccc3ccccc3c12. The van der Waals surface area contributed by atoms with E-state index in [0.717, 1.165) is 21.7 Å². The number of hydrogen-bond donors (Lipinski definition) is 0. The zero-order valence-electron chi connectivity index (χ0n) is 13.0. The highest BCUT2D eigenvalue weighted by molar-refractivity contribution is 6.07. The number of esters is 1. The van der Waals surface area contributed by atoms with Crippen LogP contribution in [0, 0.1) is 0 Å². The van der Waals surface area contributed by atoms with Gasteiger partial charge in [-0.05, 0) is 30.7 Å². The van der Waals surface area contributed by atoms with E-state index in [2.05, 4.69) is 0 Å². The molecule has 0 aliphatic rings. The van der Waals surface area contributed by atoms with Crippen molar-refractivity contribution in [3.8, 4) is 0 Å². The van der Waals surface area contributed by atoms with Gasteiger partial charge in [-0.25, -0.2) is 9.59 Å². The van der Waals surface area contributed by atoms with Gasteiger partial charge in [-0.2, -0.15) is 0 Å². The second-order valence-corrected chi connectivity index (χ2v) is 5.58. The number of carbonyl (C=O) groups is 1. The quantitative estimate of drug-likeness (QED) is 0.318. The average molecular weight is 308 g/mol. The Morgan fingerprint density at radius 1 is 1.17 bits per heavy atom. The average Bonchev–Trinajstić information content (AvgIpc) is 2.51. The number of fused-ring (bicyclic) bond motifs is 3. The molecular weight excluding hydrogens is 292 g/mol. The molecule has 0 atom stereocenters. The molecule has 2 aromatic carbocycles. The standard InChI is InChI=1S/C19H16O4/c1-12(2)9-17(20)22-11-14-10-18(21)23-16-8-7-13-5-3-4-6-15(13)19(14)16/h3-10H,11H2,1-2H3. The van der Waals surface area contributed by atoms with Crippen molar-refractivity contribution in [2.45, 2.75) is 20.5 Å². The first-order chi connectivity index (χ1) is 11.0. The third-order valence-electron chi connectivity index (χ3n) is 3.49. The highest BCUT2D eigenvalue weighted by Crippen LogP contribution is 2.27. The van der Waals surface area contributed by atoms with Crippen molar-refractivity contribution in [3.05, 3.63) is 70.1 Å². The van der Waals surface area contributed by atoms with Crippen LogP contribution in [0.15, 0.2) is 63.3 Å². The summed E-state index contributed by atoms with van der Waals surface area (Å²) >= 11 is 0. The summed E-state index contributed by atoms with van der Waals surface area (Å²) < 4.78 is 10.5. The molecule has 0 amide bonds. The topological polar surface area (TPSA) is 56.5 Å². The van der Waals surface area contributed by atoms with E-state index in [1.165, 1.54) is 12.1 Å². The van der Waals surface area contributed by atoms with Crippen LogP contribution in [0.4, 0.5) is 0 Å². The van der Waals surface area contributed by atoms with Gasteiger partial charge in [-0.3, -0.25) is 0 Å². The lowest BCUT2D eigenvalue weighted by Gasteiger charge is -2.09. The van der Waals surface area contributed by atoms with E-state index in [-0.39, 0.29) is 6.61 Å². The van der Waals surface area contributed by atoms with Crippen LogP contribution in [0.3, 0.4) is 0 Å². The van der Waals surface area contributed by atoms with Crippen LogP contribution in [0.2, 0.25) is 0 Å². The van der Waals surface area contributed by atoms with Gasteiger partial charge in [0, 0.05) is 23.1 Å². The van der Waals surface area contributed by atoms with Crippen molar-refractivity contribution >= 4 is 27.7 Å². The Bertz CT molecular complexity index is 975. The molecule has 23 heavy (non-hydrogen) atoms. The summed E-state index contributed by atoms with van der Waals surface area (Å²) in [5, 5.41) is 2.79. The van der Waals surface area contributed by atoms with Crippen molar-refractivity contribution in [2.75, 3.05) is 0 Å². The molecule has 3 rings (SSSR count). The molecule has 0 radical (unpaired) electrons. The maximum atomic E-state index is 11.7. The van der Waals surface area contributed by atoms with Crippen molar-refractivity contribution in [1.82, 2.24) is 0 Å². The molecule has 4 nitrogen and oxygen atoms in total. The Hall–Kier alpha value is -2.88. The van der Waals surface area contributed by atoms with Crippen LogP contribution in [0.1, 0.15) is 19.4 Å². The highest BCUT2D eigenvalue weighted by atomic mass is 16.5. The molecule has 0 bridgehead atoms. The normalized spacial score (nSPS) is 10.7. The number of carbonyl (C=O) groups excluding carboxylic acids is 1. The lowest BCUT2D eigenvalue weighted by atomic mass is 10.0. The fourth-order valence-corrected chi connectivity index (χ4v) is 2.56. The maximum absolute atomic E-state index is 11.7. The smallest absolute Gasteiger partial charge is 0.336 e. The Kier molecular flexibility index (Phi) is 3.98. The maximum Gasteiger partial charge on any atom is 0.336 e. The minimum atomic E-state index is -0.457. The monoisotopic (exact) mass is 308 g/mol. The Morgan fingerprint density at radius 2 is 1.96 bits per heavy atom. The Labute approximate surface area is 133 Å². The molecule has 3 aromatic rings. The zero-order valence-corrected chi connectivity index (χ0v) is 13.0. The summed E-state index contributed by atoms with van der Waals surface area (Å²) in [5.74, 6) is -0.424. The minimum Gasteiger partial charge on any atom is -0.458 e. The van der Waals surface area contributed by atoms with E-state index in [9.17, 15) is 9.59 Å². The van der Waals surface area contributed by atoms with Gasteiger partial charge in [0.05, 0.1) is 0 Å². The van der Waals surface area contributed by atoms with Gasteiger partial charge in [-0.15, -0.1) is 0 Å². The van der Waals surface area contributed by atoms with Gasteiger partial charge in [0.1, 0.15) is 12.2 Å². The summed E-state index contributed by atoms with van der Waals surface area (Å²) in [6, 6.07) is 12.9. The summed E-state index contributed by atoms with van der Waals surface area (Å²) in [7, 11) is 0. The van der Waals surface area contributed by atoms with Gasteiger partial charge in [0.15, 0.2) is 0 Å². The third kappa shape index (κ3) is 3.16. The minimum absolute atomic E-state index is 0.0265. The molecular formula is C19H16O4. The van der Waals surface area contributed by atoms with Crippen molar-refractivity contribution in [2.24, 2.45) is 0 Å². The van der Waals surface area contributed by atoms with Crippen molar-refractivity contribution in [1.29, 1.82) is 0 Å². The first-order valence-corrected chi connectivity index (χ1v) is 7.31. The Morgan fingerprint density at radius 3 is 2.74 bits per heavy atom. The van der Waals surface area contributed by atoms with Crippen molar-refractivity contribution < 1.29 is 13.9 Å². The molecule has 116 valence electrons. The highest BCUT2D eigenvalue weighted by Gasteiger charge is 2.11. The molecule has 0 saturated carbocycles. The van der Waals surface area contributed by atoms with E-state index in [1.54, 1.807) is 6.07 Å². The van der Waals surface area contributed by atoms with E-state index >= 15 is 0 Å². The zero-order chi connectivity index (χ0) is 16.4. The fourth-order valence-electron chi connectivity index (χ4n) is 2.56. The number of hydrogen-bond acceptors (Lipinski definition) is 4. The molecule has 0 fully saturated rings. The number of benzene rings is 2. The molecule has 1 heterocycles.